The monoisotopic (exact) mass is 420 g/mol. The number of hydrogen-bond acceptors (Lipinski definition) is 5. The zero-order valence-corrected chi connectivity index (χ0v) is 14.1. The predicted octanol–water partition coefficient (Wildman–Crippen LogP) is 0.950. The molecule has 1 heterocycles. The molecule has 0 spiro atoms. The van der Waals surface area contributed by atoms with Crippen molar-refractivity contribution in [1.82, 2.24) is 19.7 Å². The maximum absolute atomic E-state index is 12.1. The first kappa shape index (κ1) is 16.0. The number of carbonyl (C=O) groups is 1. The van der Waals surface area contributed by atoms with Crippen molar-refractivity contribution in [2.24, 2.45) is 0 Å². The minimum atomic E-state index is -3.59. The number of aromatic nitrogens is 3. The third-order valence-electron chi connectivity index (χ3n) is 2.54. The molecule has 9 heteroatoms. The second kappa shape index (κ2) is 6.62. The van der Waals surface area contributed by atoms with E-state index < -0.39 is 10.0 Å². The van der Waals surface area contributed by atoms with Crippen molar-refractivity contribution in [3.63, 3.8) is 0 Å². The van der Waals surface area contributed by atoms with Gasteiger partial charge in [-0.1, -0.05) is 5.21 Å². The van der Waals surface area contributed by atoms with E-state index in [-0.39, 0.29) is 23.8 Å². The fourth-order valence-corrected chi connectivity index (χ4v) is 2.95. The fraction of sp³-hybridized carbons (Fsp3) is 0.250. The molecule has 0 aliphatic heterocycles. The molecule has 112 valence electrons. The minimum Gasteiger partial charge on any atom is -0.298 e. The molecule has 0 amide bonds. The molecular weight excluding hydrogens is 407 g/mol. The average molecular weight is 420 g/mol. The molecule has 1 aromatic carbocycles. The molecule has 0 atom stereocenters. The first-order chi connectivity index (χ1) is 9.87. The van der Waals surface area contributed by atoms with Crippen LogP contribution in [0.3, 0.4) is 0 Å². The highest BCUT2D eigenvalue weighted by atomic mass is 127. The van der Waals surface area contributed by atoms with Gasteiger partial charge in [0.1, 0.15) is 6.54 Å². The Morgan fingerprint density at radius 3 is 2.62 bits per heavy atom. The molecule has 0 fully saturated rings. The van der Waals surface area contributed by atoms with Crippen molar-refractivity contribution < 1.29 is 13.2 Å². The molecule has 21 heavy (non-hydrogen) atoms. The van der Waals surface area contributed by atoms with Crippen LogP contribution in [-0.4, -0.2) is 29.2 Å². The molecule has 1 aromatic heterocycles. The number of ketones is 1. The summed E-state index contributed by atoms with van der Waals surface area (Å²) in [5, 5.41) is 7.56. The first-order valence-electron chi connectivity index (χ1n) is 6.00. The Balaban J connectivity index is 2.03. The highest BCUT2D eigenvalue weighted by molar-refractivity contribution is 14.1. The number of benzene rings is 1. The SMILES string of the molecule is CC(=O)Cn1cc(CNS(=O)(=O)c2ccc(I)cc2)nn1. The van der Waals surface area contributed by atoms with Gasteiger partial charge in [0.25, 0.3) is 0 Å². The molecule has 0 saturated heterocycles. The van der Waals surface area contributed by atoms with Gasteiger partial charge in [-0.3, -0.25) is 4.79 Å². The van der Waals surface area contributed by atoms with Crippen molar-refractivity contribution in [3.8, 4) is 0 Å². The average Bonchev–Trinajstić information content (AvgIpc) is 2.84. The topological polar surface area (TPSA) is 94.0 Å². The van der Waals surface area contributed by atoms with E-state index in [1.165, 1.54) is 29.9 Å². The molecular formula is C12H13IN4O3S. The zero-order chi connectivity index (χ0) is 15.5. The summed E-state index contributed by atoms with van der Waals surface area (Å²) in [7, 11) is -3.59. The zero-order valence-electron chi connectivity index (χ0n) is 11.2. The van der Waals surface area contributed by atoms with E-state index in [2.05, 4.69) is 37.6 Å². The summed E-state index contributed by atoms with van der Waals surface area (Å²) >= 11 is 2.10. The lowest BCUT2D eigenvalue weighted by Crippen LogP contribution is -2.23. The number of rotatable bonds is 6. The second-order valence-corrected chi connectivity index (χ2v) is 7.40. The fourth-order valence-electron chi connectivity index (χ4n) is 1.59. The molecule has 0 radical (unpaired) electrons. The Hall–Kier alpha value is -1.33. The summed E-state index contributed by atoms with van der Waals surface area (Å²) in [5.41, 5.74) is 0.449. The summed E-state index contributed by atoms with van der Waals surface area (Å²) in [6, 6.07) is 6.52. The summed E-state index contributed by atoms with van der Waals surface area (Å²) in [6.07, 6.45) is 1.54. The van der Waals surface area contributed by atoms with Crippen molar-refractivity contribution in [2.45, 2.75) is 24.9 Å². The normalized spacial score (nSPS) is 11.5. The lowest BCUT2D eigenvalue weighted by molar-refractivity contribution is -0.117. The van der Waals surface area contributed by atoms with Crippen molar-refractivity contribution in [1.29, 1.82) is 0 Å². The van der Waals surface area contributed by atoms with Gasteiger partial charge in [-0.25, -0.2) is 17.8 Å². The number of nitrogens with one attached hydrogen (secondary N) is 1. The largest absolute Gasteiger partial charge is 0.298 e. The minimum absolute atomic E-state index is 0.0201. The van der Waals surface area contributed by atoms with E-state index >= 15 is 0 Å². The highest BCUT2D eigenvalue weighted by Gasteiger charge is 2.14. The number of halogens is 1. The van der Waals surface area contributed by atoms with Gasteiger partial charge in [-0.05, 0) is 53.8 Å². The van der Waals surface area contributed by atoms with Crippen LogP contribution in [0.1, 0.15) is 12.6 Å². The number of nitrogens with zero attached hydrogens (tertiary/aromatic N) is 3. The van der Waals surface area contributed by atoms with Crippen LogP contribution in [0.5, 0.6) is 0 Å². The molecule has 0 aliphatic carbocycles. The van der Waals surface area contributed by atoms with Crippen LogP contribution >= 0.6 is 22.6 Å². The summed E-state index contributed by atoms with van der Waals surface area (Å²) < 4.78 is 28.9. The van der Waals surface area contributed by atoms with E-state index in [0.717, 1.165) is 3.57 Å². The van der Waals surface area contributed by atoms with Crippen LogP contribution < -0.4 is 4.72 Å². The van der Waals surface area contributed by atoms with Crippen LogP contribution in [-0.2, 0) is 27.9 Å². The predicted molar refractivity (Wildman–Crippen MR) is 83.9 cm³/mol. The standard InChI is InChI=1S/C12H13IN4O3S/c1-9(18)7-17-8-11(15-16-17)6-14-21(19,20)12-4-2-10(13)3-5-12/h2-5,8,14H,6-7H2,1H3. The van der Waals surface area contributed by atoms with Gasteiger partial charge in [0.2, 0.25) is 10.0 Å². The van der Waals surface area contributed by atoms with Gasteiger partial charge in [0.15, 0.2) is 5.78 Å². The smallest absolute Gasteiger partial charge is 0.240 e. The number of carbonyl (C=O) groups excluding carboxylic acids is 1. The molecule has 0 saturated carbocycles. The molecule has 1 N–H and O–H groups in total. The van der Waals surface area contributed by atoms with Gasteiger partial charge in [0.05, 0.1) is 23.3 Å². The lowest BCUT2D eigenvalue weighted by atomic mass is 10.4. The van der Waals surface area contributed by atoms with Crippen LogP contribution in [0.25, 0.3) is 0 Å². The second-order valence-electron chi connectivity index (χ2n) is 4.39. The van der Waals surface area contributed by atoms with E-state index in [0.29, 0.717) is 5.69 Å². The third-order valence-corrected chi connectivity index (χ3v) is 4.67. The third kappa shape index (κ3) is 4.58. The maximum Gasteiger partial charge on any atom is 0.240 e. The van der Waals surface area contributed by atoms with E-state index in [9.17, 15) is 13.2 Å². The Bertz CT molecular complexity index is 740. The van der Waals surface area contributed by atoms with Crippen LogP contribution in [0.2, 0.25) is 0 Å². The van der Waals surface area contributed by atoms with Gasteiger partial charge in [0, 0.05) is 3.57 Å². The molecule has 0 aliphatic rings. The molecule has 0 unspecified atom stereocenters. The Kier molecular flexibility index (Phi) is 5.06. The number of Topliss-reactive ketones (excluding diaryl/α,β-unsaturated/α-hetero) is 1. The summed E-state index contributed by atoms with van der Waals surface area (Å²) in [4.78, 5) is 11.1. The van der Waals surface area contributed by atoms with Gasteiger partial charge >= 0.3 is 0 Å². The maximum atomic E-state index is 12.1. The van der Waals surface area contributed by atoms with Crippen LogP contribution in [0.4, 0.5) is 0 Å². The Morgan fingerprint density at radius 2 is 2.00 bits per heavy atom. The Morgan fingerprint density at radius 1 is 1.33 bits per heavy atom. The number of hydrogen-bond donors (Lipinski definition) is 1. The van der Waals surface area contributed by atoms with E-state index in [1.54, 1.807) is 12.1 Å². The lowest BCUT2D eigenvalue weighted by Gasteiger charge is -2.04. The Labute approximate surface area is 135 Å². The summed E-state index contributed by atoms with van der Waals surface area (Å²) in [6.45, 7) is 1.59. The van der Waals surface area contributed by atoms with Gasteiger partial charge in [-0.15, -0.1) is 5.10 Å². The molecule has 7 nitrogen and oxygen atoms in total. The quantitative estimate of drug-likeness (QED) is 0.703. The van der Waals surface area contributed by atoms with E-state index in [4.69, 9.17) is 0 Å². The van der Waals surface area contributed by atoms with Crippen molar-refractivity contribution >= 4 is 38.4 Å². The highest BCUT2D eigenvalue weighted by Crippen LogP contribution is 2.12. The number of sulfonamides is 1. The molecule has 0 bridgehead atoms. The summed E-state index contributed by atoms with van der Waals surface area (Å²) in [5.74, 6) is -0.0501. The van der Waals surface area contributed by atoms with Crippen LogP contribution in [0, 0.1) is 3.57 Å². The van der Waals surface area contributed by atoms with Gasteiger partial charge < -0.3 is 0 Å². The van der Waals surface area contributed by atoms with E-state index in [1.807, 2.05) is 0 Å². The van der Waals surface area contributed by atoms with Crippen molar-refractivity contribution in [3.05, 3.63) is 39.7 Å². The van der Waals surface area contributed by atoms with Gasteiger partial charge in [-0.2, -0.15) is 0 Å². The molecule has 2 aromatic rings. The van der Waals surface area contributed by atoms with Crippen molar-refractivity contribution in [2.75, 3.05) is 0 Å². The molecule has 2 rings (SSSR count). The van der Waals surface area contributed by atoms with Crippen LogP contribution in [0.15, 0.2) is 35.4 Å². The first-order valence-corrected chi connectivity index (χ1v) is 8.57.